The van der Waals surface area contributed by atoms with Gasteiger partial charge in [-0.15, -0.1) is 0 Å². The first-order chi connectivity index (χ1) is 14.3. The molecule has 3 atom stereocenters. The smallest absolute Gasteiger partial charge is 0.315 e. The molecule has 0 aromatic carbocycles. The summed E-state index contributed by atoms with van der Waals surface area (Å²) in [5.41, 5.74) is 0.942. The van der Waals surface area contributed by atoms with Gasteiger partial charge >= 0.3 is 5.97 Å². The van der Waals surface area contributed by atoms with E-state index in [-0.39, 0.29) is 17.9 Å². The fourth-order valence-electron chi connectivity index (χ4n) is 4.07. The Labute approximate surface area is 185 Å². The van der Waals surface area contributed by atoms with Gasteiger partial charge in [0.05, 0.1) is 24.2 Å². The summed E-state index contributed by atoms with van der Waals surface area (Å²) in [7, 11) is -2.15. The molecule has 2 aromatic heterocycles. The highest BCUT2D eigenvalue weighted by Crippen LogP contribution is 2.44. The van der Waals surface area contributed by atoms with Crippen LogP contribution in [0.4, 0.5) is 4.39 Å². The van der Waals surface area contributed by atoms with Gasteiger partial charge in [0.1, 0.15) is 11.6 Å². The Hall–Kier alpha value is -2.06. The highest BCUT2D eigenvalue weighted by Gasteiger charge is 2.51. The number of aromatic nitrogens is 3. The van der Waals surface area contributed by atoms with E-state index in [0.717, 1.165) is 11.4 Å². The minimum Gasteiger partial charge on any atom is -0.481 e. The highest BCUT2D eigenvalue weighted by atomic mass is 28.4. The van der Waals surface area contributed by atoms with Gasteiger partial charge in [-0.05, 0) is 57.0 Å². The number of aryl methyl sites for hydroxylation is 2. The van der Waals surface area contributed by atoms with Gasteiger partial charge in [0.15, 0.2) is 14.1 Å². The molecule has 0 radical (unpaired) electrons. The quantitative estimate of drug-likeness (QED) is 0.644. The molecule has 0 aliphatic heterocycles. The maximum Gasteiger partial charge on any atom is 0.315 e. The summed E-state index contributed by atoms with van der Waals surface area (Å²) in [5.74, 6) is -0.438. The fraction of sp³-hybridized carbons (Fsp3) is 0.609. The van der Waals surface area contributed by atoms with Crippen molar-refractivity contribution >= 4 is 14.3 Å². The van der Waals surface area contributed by atoms with Crippen molar-refractivity contribution < 1.29 is 18.7 Å². The standard InChI is InChI=1S/C23H34FN3O3Si/c1-15-8-9-16(2)27(15)20-14-25-19(13-26-20)23(21(28)29)11-10-18(17(24)12-23)30-31(6,7)22(3,4)5/h8-9,13-14,17-18H,10-12H2,1-7H3,(H,28,29)/t17-,18-,23+/m0/s1. The Bertz CT molecular complexity index is 932. The number of halogens is 1. The SMILES string of the molecule is Cc1ccc(C)n1-c1cnc([C@@]2(C(=O)O)CC[C@H](O[Si](C)(C)C(C)(C)C)[C@@H](F)C2)cn1. The number of carbonyl (C=O) groups is 1. The second kappa shape index (κ2) is 8.13. The molecule has 1 N–H and O–H groups in total. The van der Waals surface area contributed by atoms with Crippen LogP contribution in [0.15, 0.2) is 24.5 Å². The second-order valence-corrected chi connectivity index (χ2v) is 15.0. The molecular weight excluding hydrogens is 413 g/mol. The van der Waals surface area contributed by atoms with Crippen LogP contribution in [0.5, 0.6) is 0 Å². The van der Waals surface area contributed by atoms with Crippen LogP contribution in [0.3, 0.4) is 0 Å². The topological polar surface area (TPSA) is 77.2 Å². The van der Waals surface area contributed by atoms with Gasteiger partial charge in [0, 0.05) is 17.8 Å². The molecule has 1 saturated carbocycles. The van der Waals surface area contributed by atoms with E-state index in [4.69, 9.17) is 4.43 Å². The number of rotatable bonds is 5. The molecule has 0 amide bonds. The van der Waals surface area contributed by atoms with Crippen molar-refractivity contribution in [2.75, 3.05) is 0 Å². The first-order valence-corrected chi connectivity index (χ1v) is 13.7. The highest BCUT2D eigenvalue weighted by molar-refractivity contribution is 6.74. The zero-order valence-electron chi connectivity index (χ0n) is 19.6. The molecule has 0 saturated heterocycles. The molecule has 1 fully saturated rings. The summed E-state index contributed by atoms with van der Waals surface area (Å²) in [6.07, 6.45) is 1.59. The summed E-state index contributed by atoms with van der Waals surface area (Å²) >= 11 is 0. The van der Waals surface area contributed by atoms with Gasteiger partial charge in [0.2, 0.25) is 0 Å². The van der Waals surface area contributed by atoms with Crippen LogP contribution in [0.1, 0.15) is 57.1 Å². The van der Waals surface area contributed by atoms with Gasteiger partial charge in [-0.2, -0.15) is 0 Å². The molecule has 8 heteroatoms. The first-order valence-electron chi connectivity index (χ1n) is 10.8. The molecule has 3 rings (SSSR count). The number of hydrogen-bond acceptors (Lipinski definition) is 4. The van der Waals surface area contributed by atoms with E-state index < -0.39 is 32.0 Å². The molecule has 170 valence electrons. The normalized spacial score (nSPS) is 24.9. The maximum absolute atomic E-state index is 15.3. The number of carboxylic acid groups (broad SMARTS) is 1. The third-order valence-corrected chi connectivity index (χ3v) is 11.6. The van der Waals surface area contributed by atoms with E-state index >= 15 is 4.39 Å². The van der Waals surface area contributed by atoms with Crippen LogP contribution >= 0.6 is 0 Å². The van der Waals surface area contributed by atoms with E-state index in [0.29, 0.717) is 17.9 Å². The monoisotopic (exact) mass is 447 g/mol. The molecule has 2 aromatic rings. The minimum absolute atomic E-state index is 0.0376. The Morgan fingerprint density at radius 3 is 2.29 bits per heavy atom. The van der Waals surface area contributed by atoms with E-state index in [1.54, 1.807) is 6.20 Å². The lowest BCUT2D eigenvalue weighted by Gasteiger charge is -2.44. The molecule has 2 heterocycles. The van der Waals surface area contributed by atoms with Crippen LogP contribution in [0, 0.1) is 13.8 Å². The van der Waals surface area contributed by atoms with Gasteiger partial charge in [-0.3, -0.25) is 9.78 Å². The van der Waals surface area contributed by atoms with Crippen molar-refractivity contribution in [2.45, 2.75) is 89.7 Å². The Kier molecular flexibility index (Phi) is 6.19. The number of nitrogens with zero attached hydrogens (tertiary/aromatic N) is 3. The molecule has 1 aliphatic rings. The second-order valence-electron chi connectivity index (χ2n) is 10.3. The van der Waals surface area contributed by atoms with Crippen molar-refractivity contribution in [3.05, 3.63) is 41.6 Å². The van der Waals surface area contributed by atoms with Crippen molar-refractivity contribution in [3.63, 3.8) is 0 Å². The summed E-state index contributed by atoms with van der Waals surface area (Å²) in [4.78, 5) is 21.2. The molecule has 0 spiro atoms. The number of hydrogen-bond donors (Lipinski definition) is 1. The fourth-order valence-corrected chi connectivity index (χ4v) is 5.45. The van der Waals surface area contributed by atoms with Gasteiger partial charge in [-0.1, -0.05) is 20.8 Å². The third kappa shape index (κ3) is 4.32. The maximum atomic E-state index is 15.3. The third-order valence-electron chi connectivity index (χ3n) is 7.09. The van der Waals surface area contributed by atoms with E-state index in [1.807, 2.05) is 30.5 Å². The van der Waals surface area contributed by atoms with E-state index in [9.17, 15) is 9.90 Å². The molecule has 0 unspecified atom stereocenters. The van der Waals surface area contributed by atoms with Crippen LogP contribution in [-0.2, 0) is 14.6 Å². The predicted molar refractivity (Wildman–Crippen MR) is 121 cm³/mol. The molecule has 1 aliphatic carbocycles. The Morgan fingerprint density at radius 1 is 1.23 bits per heavy atom. The first kappa shape index (κ1) is 23.6. The number of alkyl halides is 1. The zero-order chi connectivity index (χ0) is 23.2. The van der Waals surface area contributed by atoms with Crippen LogP contribution in [0.2, 0.25) is 18.1 Å². The summed E-state index contributed by atoms with van der Waals surface area (Å²) in [6, 6.07) is 3.97. The van der Waals surface area contributed by atoms with Crippen LogP contribution in [-0.4, -0.2) is 46.2 Å². The van der Waals surface area contributed by atoms with Gasteiger partial charge in [0.25, 0.3) is 0 Å². The van der Waals surface area contributed by atoms with Crippen LogP contribution < -0.4 is 0 Å². The molecular formula is C23H34FN3O3Si. The van der Waals surface area contributed by atoms with Gasteiger partial charge < -0.3 is 14.1 Å². The summed E-state index contributed by atoms with van der Waals surface area (Å²) in [6.45, 7) is 14.5. The van der Waals surface area contributed by atoms with Crippen molar-refractivity contribution in [1.29, 1.82) is 0 Å². The van der Waals surface area contributed by atoms with E-state index in [2.05, 4.69) is 43.8 Å². The zero-order valence-corrected chi connectivity index (χ0v) is 20.6. The lowest BCUT2D eigenvalue weighted by molar-refractivity contribution is -0.148. The molecule has 6 nitrogen and oxygen atoms in total. The van der Waals surface area contributed by atoms with Crippen molar-refractivity contribution in [2.24, 2.45) is 0 Å². The summed E-state index contributed by atoms with van der Waals surface area (Å²) in [5, 5.41) is 10.0. The lowest BCUT2D eigenvalue weighted by atomic mass is 9.70. The largest absolute Gasteiger partial charge is 0.481 e. The van der Waals surface area contributed by atoms with Crippen LogP contribution in [0.25, 0.3) is 5.82 Å². The van der Waals surface area contributed by atoms with Gasteiger partial charge in [-0.25, -0.2) is 9.37 Å². The minimum atomic E-state index is -2.15. The average Bonchev–Trinajstić information content (AvgIpc) is 3.00. The molecule has 31 heavy (non-hydrogen) atoms. The number of carboxylic acids is 1. The van der Waals surface area contributed by atoms with E-state index in [1.165, 1.54) is 6.20 Å². The van der Waals surface area contributed by atoms with Crippen molar-refractivity contribution in [1.82, 2.24) is 14.5 Å². The molecule has 0 bridgehead atoms. The lowest BCUT2D eigenvalue weighted by Crippen LogP contribution is -2.52. The summed E-state index contributed by atoms with van der Waals surface area (Å²) < 4.78 is 23.5. The Balaban J connectivity index is 1.85. The Morgan fingerprint density at radius 2 is 1.84 bits per heavy atom. The van der Waals surface area contributed by atoms with Crippen molar-refractivity contribution in [3.8, 4) is 5.82 Å². The average molecular weight is 448 g/mol. The predicted octanol–water partition coefficient (Wildman–Crippen LogP) is 5.12. The number of aliphatic carboxylic acids is 1.